The molecule has 0 aliphatic carbocycles. The van der Waals surface area contributed by atoms with E-state index in [0.717, 1.165) is 11.1 Å². The molecule has 142 valence electrons. The SMILES string of the molecule is C[C@H](OC(=O)Cc1ccc2c(c1)OCCO2)C(=O)NCc1ccccc1Cl. The summed E-state index contributed by atoms with van der Waals surface area (Å²) < 4.78 is 16.2. The Labute approximate surface area is 162 Å². The first kappa shape index (κ1) is 19.0. The fourth-order valence-electron chi connectivity index (χ4n) is 2.62. The van der Waals surface area contributed by atoms with Crippen molar-refractivity contribution in [2.45, 2.75) is 26.0 Å². The lowest BCUT2D eigenvalue weighted by atomic mass is 10.1. The number of benzene rings is 2. The van der Waals surface area contributed by atoms with E-state index in [1.165, 1.54) is 6.92 Å². The fraction of sp³-hybridized carbons (Fsp3) is 0.300. The van der Waals surface area contributed by atoms with Gasteiger partial charge in [-0.25, -0.2) is 0 Å². The third-order valence-electron chi connectivity index (χ3n) is 4.04. The van der Waals surface area contributed by atoms with Gasteiger partial charge >= 0.3 is 5.97 Å². The van der Waals surface area contributed by atoms with Crippen LogP contribution in [-0.2, 0) is 27.3 Å². The molecular weight excluding hydrogens is 370 g/mol. The zero-order valence-corrected chi connectivity index (χ0v) is 15.6. The fourth-order valence-corrected chi connectivity index (χ4v) is 2.83. The van der Waals surface area contributed by atoms with Crippen molar-refractivity contribution in [1.29, 1.82) is 0 Å². The van der Waals surface area contributed by atoms with Crippen LogP contribution in [0.4, 0.5) is 0 Å². The van der Waals surface area contributed by atoms with Crippen molar-refractivity contribution in [2.24, 2.45) is 0 Å². The normalized spacial score (nSPS) is 13.6. The van der Waals surface area contributed by atoms with E-state index in [2.05, 4.69) is 5.32 Å². The van der Waals surface area contributed by atoms with E-state index in [-0.39, 0.29) is 18.9 Å². The molecule has 7 heteroatoms. The first-order valence-corrected chi connectivity index (χ1v) is 9.00. The third kappa shape index (κ3) is 5.14. The molecule has 0 fully saturated rings. The van der Waals surface area contributed by atoms with Crippen molar-refractivity contribution >= 4 is 23.5 Å². The van der Waals surface area contributed by atoms with E-state index >= 15 is 0 Å². The zero-order chi connectivity index (χ0) is 19.2. The molecule has 2 aromatic rings. The molecule has 1 amide bonds. The Morgan fingerprint density at radius 1 is 1.15 bits per heavy atom. The lowest BCUT2D eigenvalue weighted by Crippen LogP contribution is -2.35. The molecule has 0 saturated carbocycles. The van der Waals surface area contributed by atoms with Crippen LogP contribution < -0.4 is 14.8 Å². The topological polar surface area (TPSA) is 73.9 Å². The van der Waals surface area contributed by atoms with Gasteiger partial charge in [0.2, 0.25) is 0 Å². The number of carbonyl (C=O) groups excluding carboxylic acids is 2. The van der Waals surface area contributed by atoms with E-state index in [9.17, 15) is 9.59 Å². The van der Waals surface area contributed by atoms with E-state index in [4.69, 9.17) is 25.8 Å². The molecule has 0 radical (unpaired) electrons. The molecule has 2 aromatic carbocycles. The summed E-state index contributed by atoms with van der Waals surface area (Å²) in [6, 6.07) is 12.5. The van der Waals surface area contributed by atoms with Gasteiger partial charge in [0, 0.05) is 11.6 Å². The molecular formula is C20H20ClNO5. The molecule has 0 aromatic heterocycles. The van der Waals surface area contributed by atoms with Gasteiger partial charge in [-0.1, -0.05) is 35.9 Å². The minimum Gasteiger partial charge on any atom is -0.486 e. The Morgan fingerprint density at radius 2 is 1.89 bits per heavy atom. The maximum Gasteiger partial charge on any atom is 0.311 e. The molecule has 0 unspecified atom stereocenters. The van der Waals surface area contributed by atoms with Gasteiger partial charge in [-0.05, 0) is 36.2 Å². The van der Waals surface area contributed by atoms with E-state index in [1.807, 2.05) is 18.2 Å². The second kappa shape index (κ2) is 8.77. The van der Waals surface area contributed by atoms with Crippen molar-refractivity contribution in [3.8, 4) is 11.5 Å². The summed E-state index contributed by atoms with van der Waals surface area (Å²) in [6.07, 6.45) is -0.865. The molecule has 1 aliphatic heterocycles. The summed E-state index contributed by atoms with van der Waals surface area (Å²) in [5, 5.41) is 3.28. The lowest BCUT2D eigenvalue weighted by Gasteiger charge is -2.19. The highest BCUT2D eigenvalue weighted by molar-refractivity contribution is 6.31. The number of rotatable bonds is 6. The van der Waals surface area contributed by atoms with Gasteiger partial charge < -0.3 is 19.5 Å². The number of amides is 1. The van der Waals surface area contributed by atoms with Gasteiger partial charge in [-0.2, -0.15) is 0 Å². The maximum absolute atomic E-state index is 12.1. The van der Waals surface area contributed by atoms with Crippen LogP contribution in [0.15, 0.2) is 42.5 Å². The molecule has 0 spiro atoms. The number of esters is 1. The number of hydrogen-bond acceptors (Lipinski definition) is 5. The highest BCUT2D eigenvalue weighted by Crippen LogP contribution is 2.30. The number of halogens is 1. The number of hydrogen-bond donors (Lipinski definition) is 1. The van der Waals surface area contributed by atoms with E-state index < -0.39 is 12.1 Å². The maximum atomic E-state index is 12.1. The van der Waals surface area contributed by atoms with E-state index in [0.29, 0.717) is 29.7 Å². The minimum absolute atomic E-state index is 0.0404. The Hall–Kier alpha value is -2.73. The second-order valence-corrected chi connectivity index (χ2v) is 6.50. The lowest BCUT2D eigenvalue weighted by molar-refractivity contribution is -0.154. The second-order valence-electron chi connectivity index (χ2n) is 6.10. The largest absolute Gasteiger partial charge is 0.486 e. The third-order valence-corrected chi connectivity index (χ3v) is 4.41. The number of ether oxygens (including phenoxy) is 3. The summed E-state index contributed by atoms with van der Waals surface area (Å²) in [6.45, 7) is 2.78. The van der Waals surface area contributed by atoms with Crippen LogP contribution in [0.5, 0.6) is 11.5 Å². The average molecular weight is 390 g/mol. The van der Waals surface area contributed by atoms with Gasteiger partial charge in [-0.15, -0.1) is 0 Å². The Balaban J connectivity index is 1.49. The Morgan fingerprint density at radius 3 is 2.67 bits per heavy atom. The molecule has 1 atom stereocenters. The molecule has 3 rings (SSSR count). The van der Waals surface area contributed by atoms with Crippen LogP contribution in [0.1, 0.15) is 18.1 Å². The summed E-state index contributed by atoms with van der Waals surface area (Å²) in [5.41, 5.74) is 1.52. The first-order valence-electron chi connectivity index (χ1n) is 8.62. The summed E-state index contributed by atoms with van der Waals surface area (Å²) in [4.78, 5) is 24.3. The van der Waals surface area contributed by atoms with Gasteiger partial charge in [0.1, 0.15) is 13.2 Å². The van der Waals surface area contributed by atoms with Crippen LogP contribution in [0.2, 0.25) is 5.02 Å². The highest BCUT2D eigenvalue weighted by Gasteiger charge is 2.19. The van der Waals surface area contributed by atoms with Crippen LogP contribution in [0.25, 0.3) is 0 Å². The monoisotopic (exact) mass is 389 g/mol. The predicted molar refractivity (Wildman–Crippen MR) is 100.0 cm³/mol. The minimum atomic E-state index is -0.905. The molecule has 1 aliphatic rings. The summed E-state index contributed by atoms with van der Waals surface area (Å²) in [5.74, 6) is 0.389. The summed E-state index contributed by atoms with van der Waals surface area (Å²) in [7, 11) is 0. The van der Waals surface area contributed by atoms with Crippen LogP contribution in [0, 0.1) is 0 Å². The number of fused-ring (bicyclic) bond motifs is 1. The van der Waals surface area contributed by atoms with Gasteiger partial charge in [0.05, 0.1) is 6.42 Å². The molecule has 1 N–H and O–H groups in total. The van der Waals surface area contributed by atoms with E-state index in [1.54, 1.807) is 24.3 Å². The standard InChI is InChI=1S/C20H20ClNO5/c1-13(20(24)22-12-15-4-2-3-5-16(15)21)27-19(23)11-14-6-7-17-18(10-14)26-9-8-25-17/h2-7,10,13H,8-9,11-12H2,1H3,(H,22,24)/t13-/m0/s1. The predicted octanol–water partition coefficient (Wildman–Crippen LogP) is 2.90. The first-order chi connectivity index (χ1) is 13.0. The Bertz CT molecular complexity index is 839. The van der Waals surface area contributed by atoms with Crippen molar-refractivity contribution in [3.63, 3.8) is 0 Å². The quantitative estimate of drug-likeness (QED) is 0.769. The van der Waals surface area contributed by atoms with Gasteiger partial charge in [0.15, 0.2) is 17.6 Å². The van der Waals surface area contributed by atoms with Crippen molar-refractivity contribution in [2.75, 3.05) is 13.2 Å². The summed E-state index contributed by atoms with van der Waals surface area (Å²) >= 11 is 6.06. The smallest absolute Gasteiger partial charge is 0.311 e. The number of nitrogens with one attached hydrogen (secondary N) is 1. The van der Waals surface area contributed by atoms with Gasteiger partial charge in [-0.3, -0.25) is 9.59 Å². The molecule has 0 saturated heterocycles. The highest BCUT2D eigenvalue weighted by atomic mass is 35.5. The molecule has 1 heterocycles. The van der Waals surface area contributed by atoms with Crippen molar-refractivity contribution in [1.82, 2.24) is 5.32 Å². The molecule has 27 heavy (non-hydrogen) atoms. The zero-order valence-electron chi connectivity index (χ0n) is 14.9. The van der Waals surface area contributed by atoms with Crippen molar-refractivity contribution in [3.05, 3.63) is 58.6 Å². The number of carbonyl (C=O) groups is 2. The average Bonchev–Trinajstić information content (AvgIpc) is 2.67. The van der Waals surface area contributed by atoms with Crippen LogP contribution >= 0.6 is 11.6 Å². The van der Waals surface area contributed by atoms with Gasteiger partial charge in [0.25, 0.3) is 5.91 Å². The van der Waals surface area contributed by atoms with Crippen LogP contribution in [-0.4, -0.2) is 31.2 Å². The van der Waals surface area contributed by atoms with Crippen molar-refractivity contribution < 1.29 is 23.8 Å². The molecule has 6 nitrogen and oxygen atoms in total. The molecule has 0 bridgehead atoms. The Kier molecular flexibility index (Phi) is 6.19. The van der Waals surface area contributed by atoms with Crippen LogP contribution in [0.3, 0.4) is 0 Å².